The molecule has 0 aromatic heterocycles. The van der Waals surface area contributed by atoms with Crippen LogP contribution < -0.4 is 0 Å². The van der Waals surface area contributed by atoms with Gasteiger partial charge in [-0.2, -0.15) is 0 Å². The van der Waals surface area contributed by atoms with Crippen LogP contribution in [0.2, 0.25) is 0 Å². The number of rotatable bonds is 5. The number of terminal acetylenes is 1. The summed E-state index contributed by atoms with van der Waals surface area (Å²) in [7, 11) is 0. The largest absolute Gasteiger partial charge is 0.481 e. The molecule has 0 aliphatic heterocycles. The van der Waals surface area contributed by atoms with Crippen molar-refractivity contribution in [3.8, 4) is 12.3 Å². The first-order chi connectivity index (χ1) is 6.91. The number of allylic oxidation sites excluding steroid dienone is 1. The topological polar surface area (TPSA) is 57.5 Å². The third kappa shape index (κ3) is 12.5. The number of carboxylic acid groups (broad SMARTS) is 1. The zero-order chi connectivity index (χ0) is 12.3. The van der Waals surface area contributed by atoms with Crippen molar-refractivity contribution in [3.63, 3.8) is 0 Å². The quantitative estimate of drug-likeness (QED) is 0.539. The Morgan fingerprint density at radius 2 is 2.00 bits per heavy atom. The summed E-state index contributed by atoms with van der Waals surface area (Å²) in [6, 6.07) is 0. The zero-order valence-corrected chi connectivity index (χ0v) is 9.07. The van der Waals surface area contributed by atoms with Crippen LogP contribution in [-0.2, 0) is 4.79 Å². The Morgan fingerprint density at radius 3 is 2.27 bits per heavy atom. The van der Waals surface area contributed by atoms with Gasteiger partial charge in [0.2, 0.25) is 0 Å². The molecule has 0 rings (SSSR count). The van der Waals surface area contributed by atoms with Gasteiger partial charge in [-0.15, -0.1) is 19.6 Å². The summed E-state index contributed by atoms with van der Waals surface area (Å²) in [5, 5.41) is 17.0. The summed E-state index contributed by atoms with van der Waals surface area (Å²) in [6.45, 7) is 8.16. The highest BCUT2D eigenvalue weighted by Gasteiger charge is 2.20. The van der Waals surface area contributed by atoms with Crippen LogP contribution in [0.25, 0.3) is 0 Å². The molecule has 3 nitrogen and oxygen atoms in total. The first kappa shape index (κ1) is 15.9. The van der Waals surface area contributed by atoms with Gasteiger partial charge in [0.1, 0.15) is 5.60 Å². The maximum atomic E-state index is 9.60. The fourth-order valence-electron chi connectivity index (χ4n) is 0.813. The van der Waals surface area contributed by atoms with Gasteiger partial charge >= 0.3 is 0 Å². The SMILES string of the molecule is C#CC(O)(CC=C)CCC=C.CC(=O)O. The second-order valence-corrected chi connectivity index (χ2v) is 3.02. The van der Waals surface area contributed by atoms with Gasteiger partial charge in [0.25, 0.3) is 5.97 Å². The first-order valence-electron chi connectivity index (χ1n) is 4.53. The van der Waals surface area contributed by atoms with Gasteiger partial charge in [0.15, 0.2) is 0 Å². The minimum absolute atomic E-state index is 0.442. The van der Waals surface area contributed by atoms with Crippen LogP contribution >= 0.6 is 0 Å². The highest BCUT2D eigenvalue weighted by atomic mass is 16.4. The smallest absolute Gasteiger partial charge is 0.300 e. The normalized spacial score (nSPS) is 12.3. The molecule has 0 heterocycles. The maximum absolute atomic E-state index is 9.60. The molecule has 0 bridgehead atoms. The van der Waals surface area contributed by atoms with Crippen LogP contribution in [0, 0.1) is 12.3 Å². The second kappa shape index (κ2) is 9.04. The average molecular weight is 210 g/mol. The van der Waals surface area contributed by atoms with Crippen LogP contribution in [-0.4, -0.2) is 21.8 Å². The number of hydrogen-bond acceptors (Lipinski definition) is 2. The Balaban J connectivity index is 0. The lowest BCUT2D eigenvalue weighted by molar-refractivity contribution is -0.134. The molecule has 0 fully saturated rings. The second-order valence-electron chi connectivity index (χ2n) is 3.02. The first-order valence-corrected chi connectivity index (χ1v) is 4.53. The monoisotopic (exact) mass is 210 g/mol. The van der Waals surface area contributed by atoms with Crippen molar-refractivity contribution in [1.82, 2.24) is 0 Å². The molecular weight excluding hydrogens is 192 g/mol. The van der Waals surface area contributed by atoms with Crippen LogP contribution in [0.4, 0.5) is 0 Å². The molecule has 1 atom stereocenters. The van der Waals surface area contributed by atoms with Gasteiger partial charge in [0.05, 0.1) is 0 Å². The predicted octanol–water partition coefficient (Wildman–Crippen LogP) is 1.98. The molecule has 0 aliphatic rings. The molecule has 0 saturated carbocycles. The maximum Gasteiger partial charge on any atom is 0.300 e. The summed E-state index contributed by atoms with van der Waals surface area (Å²) in [5.74, 6) is 1.52. The van der Waals surface area contributed by atoms with E-state index in [0.29, 0.717) is 12.8 Å². The fourth-order valence-corrected chi connectivity index (χ4v) is 0.813. The van der Waals surface area contributed by atoms with Crippen LogP contribution in [0.15, 0.2) is 25.3 Å². The Hall–Kier alpha value is -1.53. The molecule has 0 aromatic rings. The van der Waals surface area contributed by atoms with E-state index in [4.69, 9.17) is 16.3 Å². The van der Waals surface area contributed by atoms with E-state index in [2.05, 4.69) is 19.1 Å². The number of aliphatic carboxylic acids is 1. The highest BCUT2D eigenvalue weighted by molar-refractivity contribution is 5.62. The van der Waals surface area contributed by atoms with E-state index in [1.165, 1.54) is 0 Å². The van der Waals surface area contributed by atoms with E-state index in [-0.39, 0.29) is 0 Å². The van der Waals surface area contributed by atoms with Crippen molar-refractivity contribution in [2.75, 3.05) is 0 Å². The third-order valence-electron chi connectivity index (χ3n) is 1.51. The van der Waals surface area contributed by atoms with Gasteiger partial charge in [-0.25, -0.2) is 0 Å². The van der Waals surface area contributed by atoms with Crippen molar-refractivity contribution in [1.29, 1.82) is 0 Å². The lowest BCUT2D eigenvalue weighted by Crippen LogP contribution is -2.24. The fraction of sp³-hybridized carbons (Fsp3) is 0.417. The minimum atomic E-state index is -1.02. The number of hydrogen-bond donors (Lipinski definition) is 2. The van der Waals surface area contributed by atoms with Crippen LogP contribution in [0.3, 0.4) is 0 Å². The lowest BCUT2D eigenvalue weighted by Gasteiger charge is -2.18. The molecule has 0 amide bonds. The molecule has 0 radical (unpaired) electrons. The molecule has 84 valence electrons. The molecule has 0 aromatic carbocycles. The standard InChI is InChI=1S/C10H14O.C2H4O2/c1-4-7-9-10(11,6-3)8-5-2;1-2(3)4/h3-5,11H,1-2,7-9H2;1H3,(H,3,4). The van der Waals surface area contributed by atoms with Crippen molar-refractivity contribution in [2.45, 2.75) is 31.8 Å². The zero-order valence-electron chi connectivity index (χ0n) is 9.07. The predicted molar refractivity (Wildman–Crippen MR) is 61.3 cm³/mol. The Labute approximate surface area is 91.1 Å². The van der Waals surface area contributed by atoms with E-state index < -0.39 is 11.6 Å². The molecule has 15 heavy (non-hydrogen) atoms. The molecule has 3 heteroatoms. The van der Waals surface area contributed by atoms with Gasteiger partial charge < -0.3 is 10.2 Å². The van der Waals surface area contributed by atoms with E-state index >= 15 is 0 Å². The third-order valence-corrected chi connectivity index (χ3v) is 1.51. The highest BCUT2D eigenvalue weighted by Crippen LogP contribution is 2.16. The molecule has 1 unspecified atom stereocenters. The summed E-state index contributed by atoms with van der Waals surface area (Å²) in [5.41, 5.74) is -1.02. The Morgan fingerprint density at radius 1 is 1.53 bits per heavy atom. The number of carboxylic acids is 1. The van der Waals surface area contributed by atoms with Crippen molar-refractivity contribution < 1.29 is 15.0 Å². The van der Waals surface area contributed by atoms with E-state index in [9.17, 15) is 5.11 Å². The molecule has 0 saturated heterocycles. The lowest BCUT2D eigenvalue weighted by atomic mass is 9.95. The van der Waals surface area contributed by atoms with E-state index in [1.807, 2.05) is 0 Å². The average Bonchev–Trinajstić information content (AvgIpc) is 2.14. The molecular formula is C12H18O3. The van der Waals surface area contributed by atoms with E-state index in [1.54, 1.807) is 12.2 Å². The number of carbonyl (C=O) groups is 1. The van der Waals surface area contributed by atoms with Crippen molar-refractivity contribution in [2.24, 2.45) is 0 Å². The molecule has 0 spiro atoms. The van der Waals surface area contributed by atoms with Crippen molar-refractivity contribution in [3.05, 3.63) is 25.3 Å². The summed E-state index contributed by atoms with van der Waals surface area (Å²) in [6.07, 6.45) is 10.2. The number of aliphatic hydroxyl groups is 1. The van der Waals surface area contributed by atoms with Crippen LogP contribution in [0.1, 0.15) is 26.2 Å². The van der Waals surface area contributed by atoms with Gasteiger partial charge in [-0.3, -0.25) is 4.79 Å². The minimum Gasteiger partial charge on any atom is -0.481 e. The van der Waals surface area contributed by atoms with E-state index in [0.717, 1.165) is 13.3 Å². The summed E-state index contributed by atoms with van der Waals surface area (Å²) >= 11 is 0. The summed E-state index contributed by atoms with van der Waals surface area (Å²) in [4.78, 5) is 9.00. The van der Waals surface area contributed by atoms with Gasteiger partial charge in [-0.1, -0.05) is 18.1 Å². The summed E-state index contributed by atoms with van der Waals surface area (Å²) < 4.78 is 0. The van der Waals surface area contributed by atoms with Crippen molar-refractivity contribution >= 4 is 5.97 Å². The van der Waals surface area contributed by atoms with Gasteiger partial charge in [0, 0.05) is 13.3 Å². The van der Waals surface area contributed by atoms with Crippen LogP contribution in [0.5, 0.6) is 0 Å². The van der Waals surface area contributed by atoms with Gasteiger partial charge in [-0.05, 0) is 12.8 Å². The Kier molecular flexibility index (Phi) is 9.60. The Bertz CT molecular complexity index is 246. The molecule has 0 aliphatic carbocycles. The molecule has 2 N–H and O–H groups in total.